The van der Waals surface area contributed by atoms with Crippen LogP contribution in [0, 0.1) is 17.8 Å². The molecule has 38 heavy (non-hydrogen) atoms. The molecule has 0 unspecified atom stereocenters. The van der Waals surface area contributed by atoms with Gasteiger partial charge in [0.25, 0.3) is 0 Å². The molecular formula is C30H40O8. The fraction of sp³-hybridized carbons (Fsp3) is 0.567. The number of esters is 3. The minimum Gasteiger partial charge on any atom is -0.468 e. The SMILES string of the molecule is C=C(C)C(=O)OCC1CCC(OCOc2ccc(OC(=O)C3CCC(COC(=O)C(=C)C)CC3)cc2)CC1. The number of carbonyl (C=O) groups is 3. The Morgan fingerprint density at radius 1 is 0.737 bits per heavy atom. The van der Waals surface area contributed by atoms with Crippen LogP contribution < -0.4 is 9.47 Å². The van der Waals surface area contributed by atoms with E-state index in [0.717, 1.165) is 38.5 Å². The highest BCUT2D eigenvalue weighted by Crippen LogP contribution is 2.31. The highest BCUT2D eigenvalue weighted by Gasteiger charge is 2.28. The summed E-state index contributed by atoms with van der Waals surface area (Å²) in [5.41, 5.74) is 0.815. The molecule has 8 nitrogen and oxygen atoms in total. The Bertz CT molecular complexity index is 966. The van der Waals surface area contributed by atoms with Crippen molar-refractivity contribution in [1.29, 1.82) is 0 Å². The molecule has 0 aliphatic heterocycles. The average molecular weight is 529 g/mol. The highest BCUT2D eigenvalue weighted by molar-refractivity contribution is 5.87. The summed E-state index contributed by atoms with van der Waals surface area (Å²) in [6.45, 7) is 11.4. The Hall–Kier alpha value is -3.13. The zero-order valence-corrected chi connectivity index (χ0v) is 22.6. The summed E-state index contributed by atoms with van der Waals surface area (Å²) in [5.74, 6) is 0.651. The first-order valence-electron chi connectivity index (χ1n) is 13.4. The standard InChI is InChI=1S/C30H40O8/c1-20(2)28(31)34-17-22-5-9-24(10-6-22)30(33)38-27-15-13-26(14-16-27)37-19-36-25-11-7-23(8-12-25)18-35-29(32)21(3)4/h13-16,22-25H,1,3,5-12,17-19H2,2,4H3. The minimum absolute atomic E-state index is 0.122. The molecule has 0 radical (unpaired) electrons. The fourth-order valence-corrected chi connectivity index (χ4v) is 4.67. The third-order valence-electron chi connectivity index (χ3n) is 7.14. The third kappa shape index (κ3) is 9.63. The van der Waals surface area contributed by atoms with E-state index >= 15 is 0 Å². The number of carbonyl (C=O) groups excluding carboxylic acids is 3. The number of rotatable bonds is 12. The maximum Gasteiger partial charge on any atom is 0.333 e. The van der Waals surface area contributed by atoms with Crippen LogP contribution in [0.25, 0.3) is 0 Å². The van der Waals surface area contributed by atoms with Crippen LogP contribution in [0.5, 0.6) is 11.5 Å². The van der Waals surface area contributed by atoms with E-state index < -0.39 is 0 Å². The van der Waals surface area contributed by atoms with Crippen molar-refractivity contribution in [2.75, 3.05) is 20.0 Å². The van der Waals surface area contributed by atoms with E-state index in [0.29, 0.717) is 54.6 Å². The van der Waals surface area contributed by atoms with Crippen molar-refractivity contribution in [2.45, 2.75) is 71.3 Å². The molecule has 208 valence electrons. The molecule has 0 amide bonds. The average Bonchev–Trinajstić information content (AvgIpc) is 2.92. The van der Waals surface area contributed by atoms with Gasteiger partial charge in [-0.25, -0.2) is 9.59 Å². The van der Waals surface area contributed by atoms with Crippen LogP contribution in [0.15, 0.2) is 48.6 Å². The van der Waals surface area contributed by atoms with Gasteiger partial charge in [-0.05, 0) is 101 Å². The first-order chi connectivity index (χ1) is 18.2. The Morgan fingerprint density at radius 2 is 1.21 bits per heavy atom. The van der Waals surface area contributed by atoms with Gasteiger partial charge >= 0.3 is 17.9 Å². The Balaban J connectivity index is 1.29. The molecule has 1 aromatic rings. The molecule has 2 saturated carbocycles. The molecule has 0 saturated heterocycles. The van der Waals surface area contributed by atoms with E-state index in [2.05, 4.69) is 13.2 Å². The van der Waals surface area contributed by atoms with Crippen LogP contribution in [0.4, 0.5) is 0 Å². The fourth-order valence-electron chi connectivity index (χ4n) is 4.67. The van der Waals surface area contributed by atoms with Crippen LogP contribution in [-0.4, -0.2) is 44.0 Å². The van der Waals surface area contributed by atoms with Crippen molar-refractivity contribution < 1.29 is 38.1 Å². The lowest BCUT2D eigenvalue weighted by atomic mass is 9.82. The highest BCUT2D eigenvalue weighted by atomic mass is 16.7. The summed E-state index contributed by atoms with van der Waals surface area (Å²) >= 11 is 0. The van der Waals surface area contributed by atoms with Gasteiger partial charge in [0, 0.05) is 11.1 Å². The van der Waals surface area contributed by atoms with Crippen LogP contribution in [0.2, 0.25) is 0 Å². The smallest absolute Gasteiger partial charge is 0.333 e. The maximum atomic E-state index is 12.6. The molecule has 2 aliphatic carbocycles. The van der Waals surface area contributed by atoms with Crippen LogP contribution >= 0.6 is 0 Å². The predicted octanol–water partition coefficient (Wildman–Crippen LogP) is 5.55. The minimum atomic E-state index is -0.367. The quantitative estimate of drug-likeness (QED) is 0.151. The molecule has 0 heterocycles. The van der Waals surface area contributed by atoms with Crippen molar-refractivity contribution in [3.05, 3.63) is 48.6 Å². The molecule has 0 bridgehead atoms. The van der Waals surface area contributed by atoms with Crippen molar-refractivity contribution in [2.24, 2.45) is 17.8 Å². The van der Waals surface area contributed by atoms with E-state index in [9.17, 15) is 14.4 Å². The van der Waals surface area contributed by atoms with Crippen molar-refractivity contribution in [3.63, 3.8) is 0 Å². The van der Waals surface area contributed by atoms with Crippen LogP contribution in [0.1, 0.15) is 65.2 Å². The summed E-state index contributed by atoms with van der Waals surface area (Å²) < 4.78 is 27.6. The van der Waals surface area contributed by atoms with Gasteiger partial charge < -0.3 is 23.7 Å². The number of ether oxygens (including phenoxy) is 5. The van der Waals surface area contributed by atoms with Crippen LogP contribution in [0.3, 0.4) is 0 Å². The Labute approximate surface area is 225 Å². The predicted molar refractivity (Wildman–Crippen MR) is 141 cm³/mol. The molecule has 2 aliphatic rings. The summed E-state index contributed by atoms with van der Waals surface area (Å²) in [6.07, 6.45) is 6.88. The van der Waals surface area contributed by atoms with Crippen molar-refractivity contribution >= 4 is 17.9 Å². The molecule has 0 N–H and O–H groups in total. The second-order valence-electron chi connectivity index (χ2n) is 10.4. The summed E-state index contributed by atoms with van der Waals surface area (Å²) in [4.78, 5) is 35.7. The molecule has 3 rings (SSSR count). The lowest BCUT2D eigenvalue weighted by molar-refractivity contribution is -0.143. The van der Waals surface area contributed by atoms with E-state index in [1.54, 1.807) is 38.1 Å². The number of hydrogen-bond acceptors (Lipinski definition) is 8. The van der Waals surface area contributed by atoms with E-state index in [1.807, 2.05) is 0 Å². The van der Waals surface area contributed by atoms with Gasteiger partial charge in [0.2, 0.25) is 0 Å². The third-order valence-corrected chi connectivity index (χ3v) is 7.14. The first kappa shape index (κ1) is 29.4. The second kappa shape index (κ2) is 14.7. The van der Waals surface area contributed by atoms with Gasteiger partial charge in [0.1, 0.15) is 11.5 Å². The maximum absolute atomic E-state index is 12.6. The summed E-state index contributed by atoms with van der Waals surface area (Å²) in [5, 5.41) is 0. The Kier molecular flexibility index (Phi) is 11.4. The number of hydrogen-bond donors (Lipinski definition) is 0. The largest absolute Gasteiger partial charge is 0.468 e. The second-order valence-corrected chi connectivity index (χ2v) is 10.4. The van der Waals surface area contributed by atoms with E-state index in [1.165, 1.54) is 0 Å². The molecular weight excluding hydrogens is 488 g/mol. The summed E-state index contributed by atoms with van der Waals surface area (Å²) in [6, 6.07) is 6.94. The van der Waals surface area contributed by atoms with Gasteiger partial charge in [-0.2, -0.15) is 0 Å². The Morgan fingerprint density at radius 3 is 1.71 bits per heavy atom. The van der Waals surface area contributed by atoms with Crippen molar-refractivity contribution in [3.8, 4) is 11.5 Å². The zero-order chi connectivity index (χ0) is 27.5. The van der Waals surface area contributed by atoms with Gasteiger partial charge in [-0.3, -0.25) is 4.79 Å². The van der Waals surface area contributed by atoms with E-state index in [-0.39, 0.29) is 42.6 Å². The lowest BCUT2D eigenvalue weighted by Crippen LogP contribution is -2.27. The normalized spacial score (nSPS) is 23.1. The molecule has 2 fully saturated rings. The molecule has 0 spiro atoms. The van der Waals surface area contributed by atoms with Gasteiger partial charge in [-0.15, -0.1) is 0 Å². The van der Waals surface area contributed by atoms with Crippen molar-refractivity contribution in [1.82, 2.24) is 0 Å². The first-order valence-corrected chi connectivity index (χ1v) is 13.4. The van der Waals surface area contributed by atoms with Gasteiger partial charge in [0.05, 0.1) is 25.2 Å². The van der Waals surface area contributed by atoms with Crippen LogP contribution in [-0.2, 0) is 28.6 Å². The monoisotopic (exact) mass is 528 g/mol. The topological polar surface area (TPSA) is 97.4 Å². The molecule has 8 heteroatoms. The number of benzene rings is 1. The lowest BCUT2D eigenvalue weighted by Gasteiger charge is -2.28. The van der Waals surface area contributed by atoms with Gasteiger partial charge in [0.15, 0.2) is 6.79 Å². The molecule has 0 aromatic heterocycles. The summed E-state index contributed by atoms with van der Waals surface area (Å²) in [7, 11) is 0. The van der Waals surface area contributed by atoms with Gasteiger partial charge in [-0.1, -0.05) is 13.2 Å². The van der Waals surface area contributed by atoms with E-state index in [4.69, 9.17) is 23.7 Å². The molecule has 0 atom stereocenters. The zero-order valence-electron chi connectivity index (χ0n) is 22.6. The molecule has 1 aromatic carbocycles.